The van der Waals surface area contributed by atoms with E-state index in [2.05, 4.69) is 42.6 Å². The lowest BCUT2D eigenvalue weighted by Gasteiger charge is -2.03. The van der Waals surface area contributed by atoms with E-state index >= 15 is 0 Å². The molecule has 1 heterocycles. The molecule has 0 spiro atoms. The predicted octanol–water partition coefficient (Wildman–Crippen LogP) is 8.78. The Morgan fingerprint density at radius 1 is 0.842 bits per heavy atom. The molecule has 0 atom stereocenters. The van der Waals surface area contributed by atoms with E-state index < -0.39 is 0 Å². The molecule has 0 aliphatic rings. The highest BCUT2D eigenvalue weighted by atomic mass is 16.2. The number of hydrazone groups is 1. The second kappa shape index (κ2) is 17.3. The Kier molecular flexibility index (Phi) is 13.4. The number of amides is 1. The van der Waals surface area contributed by atoms with Gasteiger partial charge >= 0.3 is 0 Å². The summed E-state index contributed by atoms with van der Waals surface area (Å²) in [6, 6.07) is 18.3. The van der Waals surface area contributed by atoms with Gasteiger partial charge in [-0.1, -0.05) is 126 Å². The minimum absolute atomic E-state index is 0.0307. The number of para-hydroxylation sites is 1. The van der Waals surface area contributed by atoms with Gasteiger partial charge in [0.15, 0.2) is 0 Å². The maximum absolute atomic E-state index is 12.3. The van der Waals surface area contributed by atoms with Gasteiger partial charge in [0.1, 0.15) is 5.69 Å². The van der Waals surface area contributed by atoms with Crippen LogP contribution in [-0.4, -0.2) is 21.9 Å². The lowest BCUT2D eigenvalue weighted by Crippen LogP contribution is -2.16. The highest BCUT2D eigenvalue weighted by Crippen LogP contribution is 2.23. The van der Waals surface area contributed by atoms with Crippen LogP contribution in [0.25, 0.3) is 16.9 Å². The van der Waals surface area contributed by atoms with Crippen molar-refractivity contribution >= 4 is 12.1 Å². The standard InChI is InChI=1S/C33H46N4O/c1-3-4-5-6-7-8-9-10-11-12-13-14-18-24-32(38)35-34-26-30-27-37(31-22-16-15-17-23-31)36-33(30)29-21-19-20-28(2)25-29/h15-17,19-23,25-27H,3-14,18,24H2,1-2H3,(H,35,38)/b34-26-. The maximum Gasteiger partial charge on any atom is 0.240 e. The van der Waals surface area contributed by atoms with Crippen LogP contribution in [0, 0.1) is 6.92 Å². The fourth-order valence-electron chi connectivity index (χ4n) is 4.74. The Morgan fingerprint density at radius 3 is 2.11 bits per heavy atom. The van der Waals surface area contributed by atoms with E-state index in [0.29, 0.717) is 6.42 Å². The highest BCUT2D eigenvalue weighted by molar-refractivity contribution is 5.89. The summed E-state index contributed by atoms with van der Waals surface area (Å²) in [5.41, 5.74) is 7.59. The van der Waals surface area contributed by atoms with Crippen LogP contribution in [0.1, 0.15) is 108 Å². The first-order valence-electron chi connectivity index (χ1n) is 14.7. The van der Waals surface area contributed by atoms with E-state index in [1.54, 1.807) is 6.21 Å². The molecule has 0 saturated heterocycles. The number of unbranched alkanes of at least 4 members (excludes halogenated alkanes) is 12. The minimum Gasteiger partial charge on any atom is -0.273 e. The van der Waals surface area contributed by atoms with Gasteiger partial charge < -0.3 is 0 Å². The first kappa shape index (κ1) is 29.3. The predicted molar refractivity (Wildman–Crippen MR) is 160 cm³/mol. The van der Waals surface area contributed by atoms with Gasteiger partial charge in [0.05, 0.1) is 11.9 Å². The zero-order valence-electron chi connectivity index (χ0n) is 23.5. The summed E-state index contributed by atoms with van der Waals surface area (Å²) in [7, 11) is 0. The molecular weight excluding hydrogens is 468 g/mol. The van der Waals surface area contributed by atoms with Crippen molar-refractivity contribution in [2.75, 3.05) is 0 Å². The van der Waals surface area contributed by atoms with Gasteiger partial charge in [0, 0.05) is 23.7 Å². The van der Waals surface area contributed by atoms with Crippen LogP contribution >= 0.6 is 0 Å². The molecule has 0 bridgehead atoms. The summed E-state index contributed by atoms with van der Waals surface area (Å²) < 4.78 is 1.86. The molecule has 5 nitrogen and oxygen atoms in total. The van der Waals surface area contributed by atoms with E-state index in [-0.39, 0.29) is 5.91 Å². The van der Waals surface area contributed by atoms with Crippen molar-refractivity contribution in [2.45, 2.75) is 104 Å². The molecule has 1 N–H and O–H groups in total. The molecule has 1 amide bonds. The van der Waals surface area contributed by atoms with Crippen LogP contribution in [0.2, 0.25) is 0 Å². The van der Waals surface area contributed by atoms with Gasteiger partial charge in [-0.05, 0) is 31.5 Å². The molecule has 3 rings (SSSR count). The Morgan fingerprint density at radius 2 is 1.47 bits per heavy atom. The van der Waals surface area contributed by atoms with Crippen molar-refractivity contribution in [3.8, 4) is 16.9 Å². The first-order valence-corrected chi connectivity index (χ1v) is 14.7. The van der Waals surface area contributed by atoms with Gasteiger partial charge in [-0.2, -0.15) is 10.2 Å². The van der Waals surface area contributed by atoms with Crippen LogP contribution in [0.4, 0.5) is 0 Å². The zero-order valence-corrected chi connectivity index (χ0v) is 23.5. The number of nitrogens with zero attached hydrogens (tertiary/aromatic N) is 3. The molecule has 1 aromatic heterocycles. The molecule has 0 aliphatic carbocycles. The summed E-state index contributed by atoms with van der Waals surface area (Å²) in [6.07, 6.45) is 21.1. The number of benzene rings is 2. The molecule has 0 unspecified atom stereocenters. The first-order chi connectivity index (χ1) is 18.7. The third-order valence-electron chi connectivity index (χ3n) is 6.96. The summed E-state index contributed by atoms with van der Waals surface area (Å²) in [6.45, 7) is 4.34. The molecular formula is C33H46N4O. The van der Waals surface area contributed by atoms with Crippen LogP contribution < -0.4 is 5.43 Å². The average Bonchev–Trinajstić information content (AvgIpc) is 3.36. The molecule has 38 heavy (non-hydrogen) atoms. The van der Waals surface area contributed by atoms with E-state index in [0.717, 1.165) is 35.3 Å². The fraction of sp³-hybridized carbons (Fsp3) is 0.485. The second-order valence-corrected chi connectivity index (χ2v) is 10.4. The Balaban J connectivity index is 1.38. The fourth-order valence-corrected chi connectivity index (χ4v) is 4.74. The van der Waals surface area contributed by atoms with Crippen LogP contribution in [0.5, 0.6) is 0 Å². The van der Waals surface area contributed by atoms with Crippen molar-refractivity contribution < 1.29 is 4.79 Å². The number of carbonyl (C=O) groups is 1. The number of nitrogens with one attached hydrogen (secondary N) is 1. The van der Waals surface area contributed by atoms with Crippen molar-refractivity contribution in [3.63, 3.8) is 0 Å². The van der Waals surface area contributed by atoms with E-state index in [1.807, 2.05) is 47.3 Å². The summed E-state index contributed by atoms with van der Waals surface area (Å²) in [4.78, 5) is 12.3. The summed E-state index contributed by atoms with van der Waals surface area (Å²) >= 11 is 0. The SMILES string of the molecule is CCCCCCCCCCCCCCCC(=O)N/N=C\c1cn(-c2ccccc2)nc1-c1cccc(C)c1. The summed E-state index contributed by atoms with van der Waals surface area (Å²) in [5, 5.41) is 9.08. The molecule has 204 valence electrons. The Labute approximate surface area is 229 Å². The number of rotatable bonds is 18. The van der Waals surface area contributed by atoms with Crippen molar-refractivity contribution in [2.24, 2.45) is 5.10 Å². The van der Waals surface area contributed by atoms with Gasteiger partial charge in [-0.3, -0.25) is 4.79 Å². The van der Waals surface area contributed by atoms with Crippen molar-refractivity contribution in [1.29, 1.82) is 0 Å². The van der Waals surface area contributed by atoms with E-state index in [9.17, 15) is 4.79 Å². The molecule has 2 aromatic carbocycles. The smallest absolute Gasteiger partial charge is 0.240 e. The normalized spacial score (nSPS) is 11.3. The molecule has 5 heteroatoms. The van der Waals surface area contributed by atoms with Gasteiger partial charge in [0.25, 0.3) is 0 Å². The zero-order chi connectivity index (χ0) is 26.8. The van der Waals surface area contributed by atoms with Crippen LogP contribution in [0.3, 0.4) is 0 Å². The average molecular weight is 515 g/mol. The maximum atomic E-state index is 12.3. The minimum atomic E-state index is -0.0307. The van der Waals surface area contributed by atoms with Crippen LogP contribution in [0.15, 0.2) is 65.9 Å². The Hall–Kier alpha value is -3.21. The van der Waals surface area contributed by atoms with Gasteiger partial charge in [-0.25, -0.2) is 10.1 Å². The van der Waals surface area contributed by atoms with E-state index in [1.165, 1.54) is 76.2 Å². The molecule has 3 aromatic rings. The van der Waals surface area contributed by atoms with Crippen molar-refractivity contribution in [1.82, 2.24) is 15.2 Å². The highest BCUT2D eigenvalue weighted by Gasteiger charge is 2.11. The number of hydrogen-bond acceptors (Lipinski definition) is 3. The molecule has 0 radical (unpaired) electrons. The molecule has 0 fully saturated rings. The number of aromatic nitrogens is 2. The monoisotopic (exact) mass is 514 g/mol. The molecule has 0 saturated carbocycles. The summed E-state index contributed by atoms with van der Waals surface area (Å²) in [5.74, 6) is -0.0307. The molecule has 0 aliphatic heterocycles. The lowest BCUT2D eigenvalue weighted by molar-refractivity contribution is -0.121. The third-order valence-corrected chi connectivity index (χ3v) is 6.96. The third kappa shape index (κ3) is 10.6. The van der Waals surface area contributed by atoms with E-state index in [4.69, 9.17) is 5.10 Å². The lowest BCUT2D eigenvalue weighted by atomic mass is 10.0. The topological polar surface area (TPSA) is 59.3 Å². The number of aryl methyl sites for hydroxylation is 1. The second-order valence-electron chi connectivity index (χ2n) is 10.4. The number of hydrogen-bond donors (Lipinski definition) is 1. The van der Waals surface area contributed by atoms with Gasteiger partial charge in [-0.15, -0.1) is 0 Å². The van der Waals surface area contributed by atoms with Gasteiger partial charge in [0.2, 0.25) is 5.91 Å². The largest absolute Gasteiger partial charge is 0.273 e. The van der Waals surface area contributed by atoms with Crippen LogP contribution in [-0.2, 0) is 4.79 Å². The Bertz CT molecular complexity index is 1100. The number of carbonyl (C=O) groups excluding carboxylic acids is 1. The van der Waals surface area contributed by atoms with Crippen molar-refractivity contribution in [3.05, 3.63) is 71.9 Å². The quantitative estimate of drug-likeness (QED) is 0.105.